The second-order valence-electron chi connectivity index (χ2n) is 8.29. The van der Waals surface area contributed by atoms with E-state index in [1.54, 1.807) is 25.4 Å². The molecule has 5 nitrogen and oxygen atoms in total. The molecule has 0 radical (unpaired) electrons. The maximum absolute atomic E-state index is 13.7. The highest BCUT2D eigenvalue weighted by Gasteiger charge is 2.40. The van der Waals surface area contributed by atoms with Gasteiger partial charge in [0.15, 0.2) is 0 Å². The van der Waals surface area contributed by atoms with E-state index in [-0.39, 0.29) is 6.54 Å². The molecule has 0 unspecified atom stereocenters. The quantitative estimate of drug-likeness (QED) is 0.352. The van der Waals surface area contributed by atoms with Gasteiger partial charge in [0.25, 0.3) is 0 Å². The van der Waals surface area contributed by atoms with Crippen molar-refractivity contribution in [1.82, 2.24) is 9.29 Å². The molecule has 2 aromatic carbocycles. The second-order valence-corrected chi connectivity index (χ2v) is 10.2. The van der Waals surface area contributed by atoms with Crippen LogP contribution < -0.4 is 5.73 Å². The van der Waals surface area contributed by atoms with Crippen molar-refractivity contribution >= 4 is 10.0 Å². The summed E-state index contributed by atoms with van der Waals surface area (Å²) in [6.45, 7) is 4.13. The molecule has 35 heavy (non-hydrogen) atoms. The average molecular weight is 506 g/mol. The van der Waals surface area contributed by atoms with E-state index in [0.717, 1.165) is 39.5 Å². The Balaban J connectivity index is 2.07. The molecule has 0 aliphatic heterocycles. The molecule has 0 aliphatic rings. The van der Waals surface area contributed by atoms with Crippen LogP contribution in [0, 0.1) is 0 Å². The summed E-state index contributed by atoms with van der Waals surface area (Å²) in [5.74, 6) is 0. The van der Waals surface area contributed by atoms with Crippen molar-refractivity contribution in [2.24, 2.45) is 5.73 Å². The van der Waals surface area contributed by atoms with Gasteiger partial charge in [-0.15, -0.1) is 0 Å². The van der Waals surface area contributed by atoms with Crippen molar-refractivity contribution in [3.05, 3.63) is 83.7 Å². The first kappa shape index (κ1) is 26.8. The third kappa shape index (κ3) is 6.09. The van der Waals surface area contributed by atoms with Crippen molar-refractivity contribution in [3.8, 4) is 11.1 Å². The summed E-state index contributed by atoms with van der Waals surface area (Å²) in [5, 5.41) is 0. The van der Waals surface area contributed by atoms with E-state index in [1.165, 1.54) is 12.1 Å². The highest BCUT2D eigenvalue weighted by molar-refractivity contribution is 7.89. The molecule has 1 heterocycles. The maximum Gasteiger partial charge on any atom is 0.417 e. The first-order valence-electron chi connectivity index (χ1n) is 11.5. The number of unbranched alkanes of at least 4 members (excludes halogenated alkanes) is 1. The van der Waals surface area contributed by atoms with E-state index < -0.39 is 32.7 Å². The van der Waals surface area contributed by atoms with Crippen molar-refractivity contribution in [3.63, 3.8) is 0 Å². The molecule has 0 amide bonds. The molecule has 188 valence electrons. The number of hydrogen-bond acceptors (Lipinski definition) is 4. The number of rotatable bonds is 10. The van der Waals surface area contributed by atoms with Crippen LogP contribution >= 0.6 is 0 Å². The summed E-state index contributed by atoms with van der Waals surface area (Å²) in [6.07, 6.45) is 0.449. The van der Waals surface area contributed by atoms with Gasteiger partial charge in [-0.2, -0.15) is 17.5 Å². The monoisotopic (exact) mass is 505 g/mol. The smallest absolute Gasteiger partial charge is 0.330 e. The van der Waals surface area contributed by atoms with E-state index in [0.29, 0.717) is 24.9 Å². The minimum atomic E-state index is -4.80. The SMILES string of the molecule is CCc1cnccc1-c1cccc([C@H](C)N(CCCCN)S(=O)(=O)c2ccccc2C(F)(F)F)c1. The number of pyridine rings is 1. The van der Waals surface area contributed by atoms with Crippen LogP contribution in [-0.2, 0) is 22.6 Å². The van der Waals surface area contributed by atoms with Gasteiger partial charge in [-0.25, -0.2) is 8.42 Å². The molecule has 0 saturated heterocycles. The number of benzene rings is 2. The Morgan fingerprint density at radius 2 is 1.80 bits per heavy atom. The summed E-state index contributed by atoms with van der Waals surface area (Å²) in [7, 11) is -4.47. The molecule has 3 aromatic rings. The molecule has 0 spiro atoms. The molecular weight excluding hydrogens is 475 g/mol. The number of halogens is 3. The van der Waals surface area contributed by atoms with Crippen LogP contribution in [0.25, 0.3) is 11.1 Å². The van der Waals surface area contributed by atoms with Crippen LogP contribution in [0.5, 0.6) is 0 Å². The molecule has 0 saturated carbocycles. The van der Waals surface area contributed by atoms with Crippen LogP contribution in [0.15, 0.2) is 71.9 Å². The lowest BCUT2D eigenvalue weighted by atomic mass is 9.97. The van der Waals surface area contributed by atoms with Gasteiger partial charge in [0.05, 0.1) is 10.5 Å². The Kier molecular flexibility index (Phi) is 8.69. The largest absolute Gasteiger partial charge is 0.417 e. The summed E-state index contributed by atoms with van der Waals surface area (Å²) in [4.78, 5) is 3.43. The molecule has 1 atom stereocenters. The molecule has 0 bridgehead atoms. The molecule has 3 rings (SSSR count). The number of hydrogen-bond donors (Lipinski definition) is 1. The van der Waals surface area contributed by atoms with Crippen molar-refractivity contribution in [2.45, 2.75) is 50.2 Å². The Labute approximate surface area is 204 Å². The van der Waals surface area contributed by atoms with Crippen molar-refractivity contribution in [1.29, 1.82) is 0 Å². The van der Waals surface area contributed by atoms with Gasteiger partial charge in [-0.3, -0.25) is 4.98 Å². The van der Waals surface area contributed by atoms with Crippen LogP contribution in [-0.4, -0.2) is 30.8 Å². The predicted molar refractivity (Wildman–Crippen MR) is 131 cm³/mol. The Morgan fingerprint density at radius 3 is 2.49 bits per heavy atom. The number of nitrogens with zero attached hydrogens (tertiary/aromatic N) is 2. The number of nitrogens with two attached hydrogens (primary N) is 1. The predicted octanol–water partition coefficient (Wildman–Crippen LogP) is 5.82. The van der Waals surface area contributed by atoms with Crippen LogP contribution in [0.4, 0.5) is 13.2 Å². The highest BCUT2D eigenvalue weighted by atomic mass is 32.2. The standard InChI is InChI=1S/C26H30F3N3O2S/c1-3-20-18-31-15-13-23(20)22-10-8-9-21(17-22)19(2)32(16-7-6-14-30)35(33,34)25-12-5-4-11-24(25)26(27,28)29/h4-5,8-13,15,17-19H,3,6-7,14,16,30H2,1-2H3/t19-/m0/s1. The van der Waals surface area contributed by atoms with Crippen molar-refractivity contribution < 1.29 is 21.6 Å². The minimum Gasteiger partial charge on any atom is -0.330 e. The topological polar surface area (TPSA) is 76.3 Å². The van der Waals surface area contributed by atoms with Gasteiger partial charge in [0.2, 0.25) is 10.0 Å². The van der Waals surface area contributed by atoms with E-state index >= 15 is 0 Å². The third-order valence-electron chi connectivity index (χ3n) is 6.01. The van der Waals surface area contributed by atoms with Crippen molar-refractivity contribution in [2.75, 3.05) is 13.1 Å². The lowest BCUT2D eigenvalue weighted by Gasteiger charge is -2.30. The average Bonchev–Trinajstić information content (AvgIpc) is 2.85. The molecule has 0 fully saturated rings. The summed E-state index contributed by atoms with van der Waals surface area (Å²) in [5.41, 5.74) is 8.02. The number of sulfonamides is 1. The summed E-state index contributed by atoms with van der Waals surface area (Å²) in [6, 6.07) is 12.9. The Morgan fingerprint density at radius 1 is 1.06 bits per heavy atom. The van der Waals surface area contributed by atoms with E-state index in [4.69, 9.17) is 5.73 Å². The molecular formula is C26H30F3N3O2S. The van der Waals surface area contributed by atoms with E-state index in [2.05, 4.69) is 4.98 Å². The van der Waals surface area contributed by atoms with Crippen LogP contribution in [0.1, 0.15) is 49.4 Å². The van der Waals surface area contributed by atoms with Gasteiger partial charge in [-0.1, -0.05) is 37.3 Å². The maximum atomic E-state index is 13.7. The molecule has 9 heteroatoms. The fraction of sp³-hybridized carbons (Fsp3) is 0.346. The zero-order valence-electron chi connectivity index (χ0n) is 19.8. The lowest BCUT2D eigenvalue weighted by molar-refractivity contribution is -0.139. The van der Waals surface area contributed by atoms with Crippen LogP contribution in [0.3, 0.4) is 0 Å². The van der Waals surface area contributed by atoms with Gasteiger partial charge < -0.3 is 5.73 Å². The first-order chi connectivity index (χ1) is 16.6. The van der Waals surface area contributed by atoms with Gasteiger partial charge in [-0.05, 0) is 79.3 Å². The second kappa shape index (κ2) is 11.3. The van der Waals surface area contributed by atoms with Gasteiger partial charge >= 0.3 is 6.18 Å². The normalized spacial score (nSPS) is 13.2. The summed E-state index contributed by atoms with van der Waals surface area (Å²) >= 11 is 0. The summed E-state index contributed by atoms with van der Waals surface area (Å²) < 4.78 is 69.5. The third-order valence-corrected chi connectivity index (χ3v) is 8.04. The van der Waals surface area contributed by atoms with E-state index in [1.807, 2.05) is 31.2 Å². The zero-order valence-corrected chi connectivity index (χ0v) is 20.6. The number of alkyl halides is 3. The molecule has 2 N–H and O–H groups in total. The lowest BCUT2D eigenvalue weighted by Crippen LogP contribution is -2.36. The number of aryl methyl sites for hydroxylation is 1. The molecule has 1 aromatic heterocycles. The fourth-order valence-corrected chi connectivity index (χ4v) is 5.98. The minimum absolute atomic E-state index is 0.0482. The van der Waals surface area contributed by atoms with Crippen LogP contribution in [0.2, 0.25) is 0 Å². The van der Waals surface area contributed by atoms with Gasteiger partial charge in [0.1, 0.15) is 0 Å². The fourth-order valence-electron chi connectivity index (χ4n) is 4.11. The zero-order chi connectivity index (χ0) is 25.6. The Bertz CT molecular complexity index is 1250. The number of aromatic nitrogens is 1. The first-order valence-corrected chi connectivity index (χ1v) is 13.0. The van der Waals surface area contributed by atoms with Gasteiger partial charge in [0, 0.05) is 25.0 Å². The van der Waals surface area contributed by atoms with E-state index in [9.17, 15) is 21.6 Å². The highest BCUT2D eigenvalue weighted by Crippen LogP contribution is 2.38. The molecule has 0 aliphatic carbocycles. The Hall–Kier alpha value is -2.75.